The first-order chi connectivity index (χ1) is 50.0. The van der Waals surface area contributed by atoms with Gasteiger partial charge in [-0.3, -0.25) is 4.57 Å². The van der Waals surface area contributed by atoms with Gasteiger partial charge in [-0.05, 0) is 119 Å². The van der Waals surface area contributed by atoms with Crippen molar-refractivity contribution in [1.29, 1.82) is 0 Å². The van der Waals surface area contributed by atoms with Crippen molar-refractivity contribution in [3.63, 3.8) is 0 Å². The molecule has 103 heavy (non-hydrogen) atoms. The van der Waals surface area contributed by atoms with Gasteiger partial charge in [-0.15, -0.1) is 0 Å². The molecule has 0 spiro atoms. The zero-order valence-corrected chi connectivity index (χ0v) is 57.8. The summed E-state index contributed by atoms with van der Waals surface area (Å²) in [6.07, 6.45) is 0. The van der Waals surface area contributed by atoms with E-state index in [-0.39, 0.29) is 43.7 Å². The summed E-state index contributed by atoms with van der Waals surface area (Å²) in [6, 6.07) is 115. The number of H-pyrrole nitrogens is 1. The van der Waals surface area contributed by atoms with E-state index < -0.39 is 0 Å². The average Bonchev–Trinajstić information content (AvgIpc) is 1.55. The first-order valence-corrected chi connectivity index (χ1v) is 34.2. The van der Waals surface area contributed by atoms with Crippen LogP contribution in [0.15, 0.2) is 328 Å². The molecule has 0 amide bonds. The van der Waals surface area contributed by atoms with Gasteiger partial charge in [0.05, 0.1) is 44.1 Å². The van der Waals surface area contributed by atoms with Gasteiger partial charge in [0.1, 0.15) is 0 Å². The van der Waals surface area contributed by atoms with Crippen LogP contribution in [0.5, 0.6) is 0 Å². The van der Waals surface area contributed by atoms with Crippen LogP contribution in [-0.4, -0.2) is 48.3 Å². The topological polar surface area (TPSA) is 107 Å². The van der Waals surface area contributed by atoms with Crippen LogP contribution in [0.2, 0.25) is 5.28 Å². The van der Waals surface area contributed by atoms with Crippen molar-refractivity contribution in [2.45, 2.75) is 7.43 Å². The molecule has 0 fully saturated rings. The maximum atomic E-state index is 5.99. The summed E-state index contributed by atoms with van der Waals surface area (Å²) < 4.78 is 7.04. The molecule has 0 aliphatic heterocycles. The van der Waals surface area contributed by atoms with Crippen LogP contribution in [-0.2, 0) is 0 Å². The second-order valence-corrected chi connectivity index (χ2v) is 25.9. The molecule has 22 rings (SSSR count). The Labute approximate surface area is 619 Å². The van der Waals surface area contributed by atoms with Crippen LogP contribution >= 0.6 is 11.6 Å². The van der Waals surface area contributed by atoms with Gasteiger partial charge >= 0.3 is 29.6 Å². The van der Waals surface area contributed by atoms with Crippen LogP contribution in [0.3, 0.4) is 0 Å². The van der Waals surface area contributed by atoms with Gasteiger partial charge in [0.15, 0.2) is 23.3 Å². The Kier molecular flexibility index (Phi) is 15.6. The quantitative estimate of drug-likeness (QED) is 0.159. The van der Waals surface area contributed by atoms with Crippen molar-refractivity contribution >= 4 is 131 Å². The van der Waals surface area contributed by atoms with Gasteiger partial charge in [0, 0.05) is 97.9 Å². The van der Waals surface area contributed by atoms with Crippen LogP contribution in [0.4, 0.5) is 0 Å². The van der Waals surface area contributed by atoms with Crippen LogP contribution < -0.4 is 29.6 Å². The second-order valence-electron chi connectivity index (χ2n) is 25.6. The fourth-order valence-corrected chi connectivity index (χ4v) is 15.5. The Morgan fingerprint density at radius 2 is 0.544 bits per heavy atom. The normalized spacial score (nSPS) is 11.6. The van der Waals surface area contributed by atoms with Crippen LogP contribution in [0, 0.1) is 0 Å². The summed E-state index contributed by atoms with van der Waals surface area (Å²) in [5.41, 5.74) is 20.7. The van der Waals surface area contributed by atoms with Gasteiger partial charge < -0.3 is 15.2 Å². The largest absolute Gasteiger partial charge is 1.00 e. The van der Waals surface area contributed by atoms with E-state index in [0.29, 0.717) is 29.2 Å². The van der Waals surface area contributed by atoms with Gasteiger partial charge in [0.2, 0.25) is 11.2 Å². The molecule has 1 N–H and O–H groups in total. The van der Waals surface area contributed by atoms with E-state index in [4.69, 9.17) is 26.6 Å². The number of nitrogens with zero attached hydrogens (tertiary/aromatic N) is 9. The summed E-state index contributed by atoms with van der Waals surface area (Å²) >= 11 is 5.99. The maximum Gasteiger partial charge on any atom is 1.00 e. The molecular weight excluding hydrogens is 1290 g/mol. The fraction of sp³-hybridized carbons (Fsp3) is 0.0110. The molecule has 14 aromatic carbocycles. The van der Waals surface area contributed by atoms with Crippen molar-refractivity contribution in [3.8, 4) is 73.8 Å². The van der Waals surface area contributed by atoms with Crippen molar-refractivity contribution in [2.75, 3.05) is 0 Å². The van der Waals surface area contributed by atoms with Gasteiger partial charge in [0.25, 0.3) is 0 Å². The molecular formula is C91H60ClN10Na. The molecule has 0 saturated carbocycles. The number of aromatic nitrogens is 10. The first kappa shape index (κ1) is 62.8. The minimum absolute atomic E-state index is 0. The molecule has 0 aliphatic rings. The minimum atomic E-state index is 0. The number of para-hydroxylation sites is 6. The summed E-state index contributed by atoms with van der Waals surface area (Å²) in [6.45, 7) is 0. The van der Waals surface area contributed by atoms with E-state index in [1.54, 1.807) is 0 Å². The summed E-state index contributed by atoms with van der Waals surface area (Å²) in [7, 11) is 0. The number of rotatable bonds is 7. The van der Waals surface area contributed by atoms with Crippen LogP contribution in [0.25, 0.3) is 194 Å². The SMILES string of the molecule is C.Clc1nc(-c2ccccc2)nc(-c2ccccc2)n1.[H-].[Na+].c1ccc(-c2nc(-c3ccccc3)nc(-n3c4ccccc4c4cc(-c5cc6c7ccccc7n7c8ccccc8c(c5)c67)ccc43)n2)cc1.c1ccc2c(c1)[nH]c1ccc(-c3cc4c5ccccc5n5c6ccccc6c(c3)c45)cc12. The Balaban J connectivity index is 0.000000127. The summed E-state index contributed by atoms with van der Waals surface area (Å²) in [4.78, 5) is 31.5. The molecule has 0 aliphatic carbocycles. The van der Waals surface area contributed by atoms with Gasteiger partial charge in [-0.2, -0.15) is 19.9 Å². The number of fused-ring (bicyclic) bond motifs is 18. The maximum absolute atomic E-state index is 5.99. The number of benzene rings is 14. The molecule has 8 aromatic heterocycles. The Hall–Kier alpha value is -12.4. The predicted molar refractivity (Wildman–Crippen MR) is 425 cm³/mol. The van der Waals surface area contributed by atoms with Crippen molar-refractivity contribution in [2.24, 2.45) is 0 Å². The first-order valence-electron chi connectivity index (χ1n) is 33.8. The molecule has 12 heteroatoms. The van der Waals surface area contributed by atoms with Crippen molar-refractivity contribution < 1.29 is 31.0 Å². The van der Waals surface area contributed by atoms with E-state index >= 15 is 0 Å². The summed E-state index contributed by atoms with van der Waals surface area (Å²) in [5, 5.41) is 15.4. The Bertz CT molecular complexity index is 6700. The van der Waals surface area contributed by atoms with Gasteiger partial charge in [-0.1, -0.05) is 250 Å². The predicted octanol–water partition coefficient (Wildman–Crippen LogP) is 20.9. The third-order valence-corrected chi connectivity index (χ3v) is 20.0. The fourth-order valence-electron chi connectivity index (χ4n) is 15.3. The molecule has 10 nitrogen and oxygen atoms in total. The van der Waals surface area contributed by atoms with E-state index in [9.17, 15) is 0 Å². The number of halogens is 1. The van der Waals surface area contributed by atoms with Crippen molar-refractivity contribution in [1.82, 2.24) is 48.3 Å². The van der Waals surface area contributed by atoms with Gasteiger partial charge in [-0.25, -0.2) is 9.97 Å². The summed E-state index contributed by atoms with van der Waals surface area (Å²) in [5.74, 6) is 3.04. The van der Waals surface area contributed by atoms with E-state index in [0.717, 1.165) is 44.1 Å². The second kappa shape index (κ2) is 25.6. The number of hydrogen-bond acceptors (Lipinski definition) is 6. The molecule has 0 atom stereocenters. The smallest absolute Gasteiger partial charge is 1.00 e. The van der Waals surface area contributed by atoms with Crippen molar-refractivity contribution in [3.05, 3.63) is 333 Å². The molecule has 482 valence electrons. The standard InChI is InChI=1S/C45H27N5.C30H18N2.C15H10ClN3.CH4.Na.H/c1-3-13-28(14-4-1)43-46-44(29-15-5-2-6-16-29)48-45(47-43)50-40-22-12-7-17-32(40)35-25-30(23-24-41(35)50)31-26-36-33-18-8-10-20-38(33)49-39-21-11-9-19-34(39)37(27-31)42(36)49;1-4-10-26-20(7-1)23-15-18(13-14-27(23)31-26)19-16-24-21-8-2-5-11-28(21)32-29-12-6-3-9-22(29)25(17-19)30(24)32;16-15-18-13(11-7-3-1-4-8-11)17-14(19-15)12-9-5-2-6-10-12;;;/h1-27H;1-17,31H;1-10H;1H4;;/q;;;;+1;-1. The van der Waals surface area contributed by atoms with Crippen LogP contribution in [0.1, 0.15) is 8.85 Å². The third-order valence-electron chi connectivity index (χ3n) is 19.8. The molecule has 0 radical (unpaired) electrons. The number of nitrogens with one attached hydrogen (secondary N) is 1. The van der Waals surface area contributed by atoms with E-state index in [2.05, 4.69) is 240 Å². The number of hydrogen-bond donors (Lipinski definition) is 1. The Morgan fingerprint density at radius 3 is 0.961 bits per heavy atom. The minimum Gasteiger partial charge on any atom is -1.00 e. The Morgan fingerprint density at radius 1 is 0.243 bits per heavy atom. The average molecular weight is 1350 g/mol. The zero-order valence-electron chi connectivity index (χ0n) is 56.1. The third kappa shape index (κ3) is 10.5. The molecule has 8 heterocycles. The number of aromatic amines is 1. The molecule has 0 bridgehead atoms. The van der Waals surface area contributed by atoms with E-state index in [1.807, 2.05) is 121 Å². The molecule has 0 unspecified atom stereocenters. The molecule has 0 saturated heterocycles. The molecule has 22 aromatic rings. The monoisotopic (exact) mass is 1350 g/mol. The zero-order chi connectivity index (χ0) is 66.7. The van der Waals surface area contributed by atoms with E-state index in [1.165, 1.54) is 120 Å².